The molecule has 11 heteroatoms. The van der Waals surface area contributed by atoms with E-state index in [-0.39, 0.29) is 18.0 Å². The second kappa shape index (κ2) is 11.0. The molecule has 0 fully saturated rings. The Morgan fingerprint density at radius 1 is 0.971 bits per heavy atom. The zero-order valence-electron chi connectivity index (χ0n) is 18.5. The van der Waals surface area contributed by atoms with Crippen LogP contribution in [0.5, 0.6) is 0 Å². The van der Waals surface area contributed by atoms with E-state index in [0.717, 1.165) is 36.4 Å². The zero-order chi connectivity index (χ0) is 25.6. The molecule has 3 aromatic rings. The van der Waals surface area contributed by atoms with Crippen LogP contribution in [0.25, 0.3) is 11.1 Å². The van der Waals surface area contributed by atoms with Gasteiger partial charge in [0.1, 0.15) is 11.9 Å². The molecule has 0 spiro atoms. The van der Waals surface area contributed by atoms with E-state index in [4.69, 9.17) is 4.74 Å². The summed E-state index contributed by atoms with van der Waals surface area (Å²) in [5, 5.41) is 2.62. The molecular formula is C24H22F4N2O4S. The first-order valence-electron chi connectivity index (χ1n) is 10.3. The molecule has 6 nitrogen and oxygen atoms in total. The van der Waals surface area contributed by atoms with Crippen LogP contribution in [0.15, 0.2) is 77.7 Å². The van der Waals surface area contributed by atoms with Gasteiger partial charge in [-0.2, -0.15) is 17.9 Å². The molecule has 35 heavy (non-hydrogen) atoms. The summed E-state index contributed by atoms with van der Waals surface area (Å²) in [5.41, 5.74) is 1.11. The van der Waals surface area contributed by atoms with Crippen molar-refractivity contribution in [3.05, 3.63) is 89.7 Å². The summed E-state index contributed by atoms with van der Waals surface area (Å²) in [5.74, 6) is -1.26. The number of methoxy groups -OCH3 is 1. The van der Waals surface area contributed by atoms with Gasteiger partial charge in [0.05, 0.1) is 17.1 Å². The van der Waals surface area contributed by atoms with Gasteiger partial charge in [0.15, 0.2) is 0 Å². The molecule has 0 bridgehead atoms. The molecule has 0 aliphatic rings. The smallest absolute Gasteiger partial charge is 0.382 e. The van der Waals surface area contributed by atoms with Gasteiger partial charge in [-0.05, 0) is 59.2 Å². The van der Waals surface area contributed by atoms with E-state index in [1.165, 1.54) is 19.2 Å². The third kappa shape index (κ3) is 7.10. The van der Waals surface area contributed by atoms with Crippen molar-refractivity contribution in [2.45, 2.75) is 23.7 Å². The summed E-state index contributed by atoms with van der Waals surface area (Å²) in [6, 6.07) is 14.4. The third-order valence-electron chi connectivity index (χ3n) is 5.01. The number of ether oxygens (including phenoxy) is 1. The van der Waals surface area contributed by atoms with Crippen molar-refractivity contribution in [3.63, 3.8) is 0 Å². The lowest BCUT2D eigenvalue weighted by Gasteiger charge is -2.18. The highest BCUT2D eigenvalue weighted by Gasteiger charge is 2.30. The van der Waals surface area contributed by atoms with E-state index in [2.05, 4.69) is 10.0 Å². The number of sulfonamides is 1. The molecule has 0 saturated carbocycles. The SMILES string of the molecule is COC[C@H](NS(=O)(=O)c1ccc(F)cc1)C(=O)NCc1cccc(-c2ccc(C(F)(F)F)cc2)c1. The van der Waals surface area contributed by atoms with E-state index >= 15 is 0 Å². The quantitative estimate of drug-likeness (QED) is 0.424. The molecule has 0 aromatic heterocycles. The van der Waals surface area contributed by atoms with Crippen LogP contribution >= 0.6 is 0 Å². The van der Waals surface area contributed by atoms with Crippen LogP contribution in [0.1, 0.15) is 11.1 Å². The lowest BCUT2D eigenvalue weighted by atomic mass is 10.0. The van der Waals surface area contributed by atoms with Crippen LogP contribution in [0.4, 0.5) is 17.6 Å². The maximum atomic E-state index is 13.1. The highest BCUT2D eigenvalue weighted by atomic mass is 32.2. The molecule has 0 heterocycles. The molecule has 0 radical (unpaired) electrons. The Bertz CT molecular complexity index is 1260. The number of hydrogen-bond donors (Lipinski definition) is 2. The predicted molar refractivity (Wildman–Crippen MR) is 121 cm³/mol. The standard InChI is InChI=1S/C24H22F4N2O4S/c1-34-15-22(30-35(32,33)21-11-9-20(25)10-12-21)23(31)29-14-16-3-2-4-18(13-16)17-5-7-19(8-6-17)24(26,27)28/h2-13,22,30H,14-15H2,1H3,(H,29,31)/t22-/m0/s1. The van der Waals surface area contributed by atoms with Gasteiger partial charge in [0.2, 0.25) is 15.9 Å². The number of rotatable bonds is 9. The Morgan fingerprint density at radius 3 is 2.23 bits per heavy atom. The minimum absolute atomic E-state index is 0.0335. The van der Waals surface area contributed by atoms with Crippen molar-refractivity contribution >= 4 is 15.9 Å². The van der Waals surface area contributed by atoms with Crippen molar-refractivity contribution in [1.29, 1.82) is 0 Å². The van der Waals surface area contributed by atoms with E-state index < -0.39 is 39.5 Å². The van der Waals surface area contributed by atoms with Gasteiger partial charge in [-0.15, -0.1) is 0 Å². The summed E-state index contributed by atoms with van der Waals surface area (Å²) in [4.78, 5) is 12.5. The van der Waals surface area contributed by atoms with E-state index in [1.807, 2.05) is 0 Å². The molecule has 3 aromatic carbocycles. The number of amides is 1. The number of nitrogens with one attached hydrogen (secondary N) is 2. The zero-order valence-corrected chi connectivity index (χ0v) is 19.3. The summed E-state index contributed by atoms with van der Waals surface area (Å²) in [6.07, 6.45) is -4.43. The number of carbonyl (C=O) groups is 1. The van der Waals surface area contributed by atoms with E-state index in [1.54, 1.807) is 24.3 Å². The third-order valence-corrected chi connectivity index (χ3v) is 6.50. The van der Waals surface area contributed by atoms with Gasteiger partial charge in [-0.3, -0.25) is 4.79 Å². The van der Waals surface area contributed by atoms with Gasteiger partial charge in [0, 0.05) is 13.7 Å². The fraction of sp³-hybridized carbons (Fsp3) is 0.208. The lowest BCUT2D eigenvalue weighted by Crippen LogP contribution is -2.48. The van der Waals surface area contributed by atoms with Crippen molar-refractivity contribution in [3.8, 4) is 11.1 Å². The number of halogens is 4. The second-order valence-corrected chi connectivity index (χ2v) is 9.29. The summed E-state index contributed by atoms with van der Waals surface area (Å²) < 4.78 is 83.8. The molecule has 0 aliphatic carbocycles. The minimum Gasteiger partial charge on any atom is -0.382 e. The van der Waals surface area contributed by atoms with Crippen molar-refractivity contribution < 1.29 is 35.5 Å². The van der Waals surface area contributed by atoms with Crippen LogP contribution in [0.3, 0.4) is 0 Å². The molecular weight excluding hydrogens is 488 g/mol. The Morgan fingerprint density at radius 2 is 1.63 bits per heavy atom. The molecule has 186 valence electrons. The fourth-order valence-corrected chi connectivity index (χ4v) is 4.40. The maximum absolute atomic E-state index is 13.1. The van der Waals surface area contributed by atoms with E-state index in [0.29, 0.717) is 16.7 Å². The first-order valence-corrected chi connectivity index (χ1v) is 11.8. The van der Waals surface area contributed by atoms with Crippen LogP contribution in [0.2, 0.25) is 0 Å². The predicted octanol–water partition coefficient (Wildman–Crippen LogP) is 4.12. The lowest BCUT2D eigenvalue weighted by molar-refractivity contribution is -0.137. The Hall–Kier alpha value is -3.28. The Balaban J connectivity index is 1.68. The van der Waals surface area contributed by atoms with Crippen LogP contribution in [-0.4, -0.2) is 34.1 Å². The highest BCUT2D eigenvalue weighted by molar-refractivity contribution is 7.89. The molecule has 2 N–H and O–H groups in total. The van der Waals surface area contributed by atoms with Gasteiger partial charge >= 0.3 is 6.18 Å². The summed E-state index contributed by atoms with van der Waals surface area (Å²) in [6.45, 7) is -0.219. The van der Waals surface area contributed by atoms with Crippen LogP contribution in [0, 0.1) is 5.82 Å². The largest absolute Gasteiger partial charge is 0.416 e. The molecule has 1 atom stereocenters. The van der Waals surface area contributed by atoms with Crippen molar-refractivity contribution in [2.75, 3.05) is 13.7 Å². The van der Waals surface area contributed by atoms with Crippen molar-refractivity contribution in [1.82, 2.24) is 10.0 Å². The number of carbonyl (C=O) groups excluding carboxylic acids is 1. The highest BCUT2D eigenvalue weighted by Crippen LogP contribution is 2.31. The molecule has 1 amide bonds. The maximum Gasteiger partial charge on any atom is 0.416 e. The first kappa shape index (κ1) is 26.3. The van der Waals surface area contributed by atoms with Gasteiger partial charge in [0.25, 0.3) is 0 Å². The average molecular weight is 511 g/mol. The minimum atomic E-state index is -4.43. The van der Waals surface area contributed by atoms with E-state index in [9.17, 15) is 30.8 Å². The topological polar surface area (TPSA) is 84.5 Å². The molecule has 0 unspecified atom stereocenters. The van der Waals surface area contributed by atoms with Gasteiger partial charge < -0.3 is 10.1 Å². The van der Waals surface area contributed by atoms with Crippen molar-refractivity contribution in [2.24, 2.45) is 0 Å². The number of alkyl halides is 3. The molecule has 0 saturated heterocycles. The van der Waals surface area contributed by atoms with Crippen LogP contribution < -0.4 is 10.0 Å². The normalized spacial score (nSPS) is 12.8. The second-order valence-electron chi connectivity index (χ2n) is 7.58. The summed E-state index contributed by atoms with van der Waals surface area (Å²) in [7, 11) is -2.82. The number of hydrogen-bond acceptors (Lipinski definition) is 4. The fourth-order valence-electron chi connectivity index (χ4n) is 3.22. The monoisotopic (exact) mass is 510 g/mol. The first-order chi connectivity index (χ1) is 16.5. The number of benzene rings is 3. The van der Waals surface area contributed by atoms with Gasteiger partial charge in [-0.1, -0.05) is 30.3 Å². The summed E-state index contributed by atoms with van der Waals surface area (Å²) >= 11 is 0. The molecule has 0 aliphatic heterocycles. The Kier molecular flexibility index (Phi) is 8.26. The Labute approximate surface area is 200 Å². The van der Waals surface area contributed by atoms with Gasteiger partial charge in [-0.25, -0.2) is 12.8 Å². The van der Waals surface area contributed by atoms with Crippen LogP contribution in [-0.2, 0) is 32.3 Å². The average Bonchev–Trinajstić information content (AvgIpc) is 2.82. The molecule has 3 rings (SSSR count).